The lowest BCUT2D eigenvalue weighted by Gasteiger charge is -2.26. The number of nitrogens with one attached hydrogen (secondary N) is 2. The first-order chi connectivity index (χ1) is 8.95. The van der Waals surface area contributed by atoms with E-state index in [0.717, 1.165) is 5.56 Å². The molecule has 106 valence electrons. The number of nitrogens with zero attached hydrogens (tertiary/aromatic N) is 1. The average Bonchev–Trinajstić information content (AvgIpc) is 2.38. The summed E-state index contributed by atoms with van der Waals surface area (Å²) in [5.74, 6) is 0. The van der Waals surface area contributed by atoms with Crippen LogP contribution in [0.1, 0.15) is 32.8 Å². The summed E-state index contributed by atoms with van der Waals surface area (Å²) in [7, 11) is 0. The highest BCUT2D eigenvalue weighted by Crippen LogP contribution is 2.20. The number of pyridine rings is 1. The van der Waals surface area contributed by atoms with Gasteiger partial charge in [0.2, 0.25) is 0 Å². The zero-order valence-electron chi connectivity index (χ0n) is 11.8. The predicted octanol–water partition coefficient (Wildman–Crippen LogP) is 1.43. The minimum Gasteiger partial charge on any atom is -0.396 e. The Morgan fingerprint density at radius 1 is 1.42 bits per heavy atom. The van der Waals surface area contributed by atoms with E-state index in [1.54, 1.807) is 12.4 Å². The molecule has 2 amide bonds. The van der Waals surface area contributed by atoms with Gasteiger partial charge in [-0.3, -0.25) is 4.98 Å². The van der Waals surface area contributed by atoms with Gasteiger partial charge in [0.25, 0.3) is 0 Å². The van der Waals surface area contributed by atoms with Crippen molar-refractivity contribution in [3.63, 3.8) is 0 Å². The first-order valence-electron chi connectivity index (χ1n) is 6.51. The molecule has 0 fully saturated rings. The summed E-state index contributed by atoms with van der Waals surface area (Å²) in [6.45, 7) is 6.61. The molecule has 5 heteroatoms. The highest BCUT2D eigenvalue weighted by molar-refractivity contribution is 5.74. The van der Waals surface area contributed by atoms with E-state index in [1.165, 1.54) is 0 Å². The molecule has 0 saturated heterocycles. The number of hydrogen-bond donors (Lipinski definition) is 3. The van der Waals surface area contributed by atoms with E-state index < -0.39 is 0 Å². The van der Waals surface area contributed by atoms with Crippen LogP contribution in [0.5, 0.6) is 0 Å². The van der Waals surface area contributed by atoms with Crippen LogP contribution in [0.15, 0.2) is 24.5 Å². The lowest BCUT2D eigenvalue weighted by atomic mass is 9.85. The Morgan fingerprint density at radius 3 is 2.63 bits per heavy atom. The zero-order chi connectivity index (χ0) is 14.3. The second kappa shape index (κ2) is 7.09. The van der Waals surface area contributed by atoms with Gasteiger partial charge in [-0.05, 0) is 31.0 Å². The molecule has 1 aromatic rings. The molecule has 19 heavy (non-hydrogen) atoms. The van der Waals surface area contributed by atoms with E-state index in [2.05, 4.69) is 29.5 Å². The molecule has 0 radical (unpaired) electrons. The van der Waals surface area contributed by atoms with Crippen LogP contribution in [0.3, 0.4) is 0 Å². The van der Waals surface area contributed by atoms with Crippen molar-refractivity contribution in [2.75, 3.05) is 13.2 Å². The maximum atomic E-state index is 11.7. The maximum absolute atomic E-state index is 11.7. The number of aliphatic hydroxyl groups excluding tert-OH is 1. The molecule has 0 aliphatic rings. The molecule has 0 spiro atoms. The molecule has 3 N–H and O–H groups in total. The molecule has 1 rings (SSSR count). The average molecular weight is 265 g/mol. The molecule has 5 nitrogen and oxygen atoms in total. The van der Waals surface area contributed by atoms with Gasteiger partial charge in [-0.15, -0.1) is 0 Å². The summed E-state index contributed by atoms with van der Waals surface area (Å²) in [6, 6.07) is 3.67. The molecule has 0 aliphatic heterocycles. The molecule has 1 aromatic heterocycles. The Balaban J connectivity index is 2.45. The predicted molar refractivity (Wildman–Crippen MR) is 75.0 cm³/mol. The molecular weight excluding hydrogens is 242 g/mol. The zero-order valence-corrected chi connectivity index (χ0v) is 11.8. The molecular formula is C14H23N3O2. The van der Waals surface area contributed by atoms with E-state index in [9.17, 15) is 4.79 Å². The van der Waals surface area contributed by atoms with Gasteiger partial charge in [-0.1, -0.05) is 13.8 Å². The van der Waals surface area contributed by atoms with E-state index >= 15 is 0 Å². The SMILES string of the molecule is C[C@H](CCO)NC(=O)NCC(C)(C)c1ccncc1. The van der Waals surface area contributed by atoms with Crippen LogP contribution in [-0.4, -0.2) is 35.3 Å². The minimum atomic E-state index is -0.205. The summed E-state index contributed by atoms with van der Waals surface area (Å²) in [6.07, 6.45) is 4.06. The quantitative estimate of drug-likeness (QED) is 0.728. The number of amides is 2. The Bertz CT molecular complexity index is 393. The standard InChI is InChI=1S/C14H23N3O2/c1-11(6-9-18)17-13(19)16-10-14(2,3)12-4-7-15-8-5-12/h4-5,7-8,11,18H,6,9-10H2,1-3H3,(H2,16,17,19)/t11-/m1/s1. The second-order valence-electron chi connectivity index (χ2n) is 5.36. The second-order valence-corrected chi connectivity index (χ2v) is 5.36. The van der Waals surface area contributed by atoms with Crippen LogP contribution in [0.4, 0.5) is 4.79 Å². The van der Waals surface area contributed by atoms with Gasteiger partial charge in [-0.2, -0.15) is 0 Å². The summed E-state index contributed by atoms with van der Waals surface area (Å²) in [4.78, 5) is 15.7. The third kappa shape index (κ3) is 5.26. The maximum Gasteiger partial charge on any atom is 0.315 e. The van der Waals surface area contributed by atoms with Crippen molar-refractivity contribution in [1.82, 2.24) is 15.6 Å². The number of aromatic nitrogens is 1. The Kier molecular flexibility index (Phi) is 5.76. The summed E-state index contributed by atoms with van der Waals surface area (Å²) >= 11 is 0. The van der Waals surface area contributed by atoms with Crippen molar-refractivity contribution in [2.45, 2.75) is 38.6 Å². The van der Waals surface area contributed by atoms with E-state index in [0.29, 0.717) is 13.0 Å². The fourth-order valence-corrected chi connectivity index (χ4v) is 1.75. The van der Waals surface area contributed by atoms with E-state index in [4.69, 9.17) is 5.11 Å². The van der Waals surface area contributed by atoms with Crippen LogP contribution in [-0.2, 0) is 5.41 Å². The molecule has 0 bridgehead atoms. The van der Waals surface area contributed by atoms with Crippen molar-refractivity contribution in [3.8, 4) is 0 Å². The lowest BCUT2D eigenvalue weighted by Crippen LogP contribution is -2.45. The van der Waals surface area contributed by atoms with Crippen molar-refractivity contribution in [2.24, 2.45) is 0 Å². The monoisotopic (exact) mass is 265 g/mol. The number of urea groups is 1. The Hall–Kier alpha value is -1.62. The molecule has 1 heterocycles. The van der Waals surface area contributed by atoms with Gasteiger partial charge in [0.1, 0.15) is 0 Å². The molecule has 0 unspecified atom stereocenters. The number of rotatable bonds is 6. The van der Waals surface area contributed by atoms with Crippen LogP contribution in [0.2, 0.25) is 0 Å². The number of carbonyl (C=O) groups is 1. The van der Waals surface area contributed by atoms with Gasteiger partial charge in [0.05, 0.1) is 0 Å². The number of aliphatic hydroxyl groups is 1. The van der Waals surface area contributed by atoms with Crippen molar-refractivity contribution >= 4 is 6.03 Å². The highest BCUT2D eigenvalue weighted by Gasteiger charge is 2.21. The first-order valence-corrected chi connectivity index (χ1v) is 6.51. The van der Waals surface area contributed by atoms with Gasteiger partial charge >= 0.3 is 6.03 Å². The fraction of sp³-hybridized carbons (Fsp3) is 0.571. The Labute approximate surface area is 114 Å². The normalized spacial score (nSPS) is 12.8. The van der Waals surface area contributed by atoms with Crippen LogP contribution in [0, 0.1) is 0 Å². The third-order valence-corrected chi connectivity index (χ3v) is 3.09. The number of hydrogen-bond acceptors (Lipinski definition) is 3. The molecule has 0 saturated carbocycles. The van der Waals surface area contributed by atoms with Crippen molar-refractivity contribution < 1.29 is 9.90 Å². The Morgan fingerprint density at radius 2 is 2.05 bits per heavy atom. The first kappa shape index (κ1) is 15.4. The van der Waals surface area contributed by atoms with E-state index in [-0.39, 0.29) is 24.1 Å². The third-order valence-electron chi connectivity index (χ3n) is 3.09. The van der Waals surface area contributed by atoms with Gasteiger partial charge in [0.15, 0.2) is 0 Å². The van der Waals surface area contributed by atoms with Gasteiger partial charge in [0, 0.05) is 37.0 Å². The smallest absolute Gasteiger partial charge is 0.315 e. The van der Waals surface area contributed by atoms with Crippen molar-refractivity contribution in [3.05, 3.63) is 30.1 Å². The van der Waals surface area contributed by atoms with Crippen LogP contribution in [0.25, 0.3) is 0 Å². The topological polar surface area (TPSA) is 74.2 Å². The summed E-state index contributed by atoms with van der Waals surface area (Å²) in [5.41, 5.74) is 0.978. The highest BCUT2D eigenvalue weighted by atomic mass is 16.3. The molecule has 0 aliphatic carbocycles. The fourth-order valence-electron chi connectivity index (χ4n) is 1.75. The van der Waals surface area contributed by atoms with Crippen LogP contribution >= 0.6 is 0 Å². The van der Waals surface area contributed by atoms with Crippen molar-refractivity contribution in [1.29, 1.82) is 0 Å². The van der Waals surface area contributed by atoms with E-state index in [1.807, 2.05) is 19.1 Å². The summed E-state index contributed by atoms with van der Waals surface area (Å²) < 4.78 is 0. The van der Waals surface area contributed by atoms with Gasteiger partial charge in [-0.25, -0.2) is 4.79 Å². The summed E-state index contributed by atoms with van der Waals surface area (Å²) in [5, 5.41) is 14.4. The number of carbonyl (C=O) groups excluding carboxylic acids is 1. The lowest BCUT2D eigenvalue weighted by molar-refractivity contribution is 0.229. The molecule has 1 atom stereocenters. The van der Waals surface area contributed by atoms with Crippen LogP contribution < -0.4 is 10.6 Å². The minimum absolute atomic E-state index is 0.0333. The largest absolute Gasteiger partial charge is 0.396 e. The molecule has 0 aromatic carbocycles. The van der Waals surface area contributed by atoms with Gasteiger partial charge < -0.3 is 15.7 Å².